The molecule has 0 amide bonds. The molecule has 0 atom stereocenters. The number of aromatic carboxylic acids is 1. The Kier molecular flexibility index (Phi) is 2.38. The van der Waals surface area contributed by atoms with Crippen molar-refractivity contribution < 1.29 is 15.0 Å². The van der Waals surface area contributed by atoms with Crippen molar-refractivity contribution in [2.45, 2.75) is 6.92 Å². The molecule has 1 aromatic rings. The topological polar surface area (TPSA) is 57.5 Å². The van der Waals surface area contributed by atoms with E-state index in [9.17, 15) is 9.90 Å². The highest BCUT2D eigenvalue weighted by Crippen LogP contribution is 2.28. The molecule has 0 radical (unpaired) electrons. The van der Waals surface area contributed by atoms with Crippen LogP contribution in [0.2, 0.25) is 0 Å². The third-order valence-electron chi connectivity index (χ3n) is 1.53. The molecule has 0 spiro atoms. The van der Waals surface area contributed by atoms with Gasteiger partial charge in [-0.15, -0.1) is 0 Å². The predicted molar refractivity (Wildman–Crippen MR) is 47.5 cm³/mol. The highest BCUT2D eigenvalue weighted by Gasteiger charge is 2.14. The molecule has 0 aliphatic carbocycles. The standard InChI is InChI=1S/C8H7BrO3/c1-4-2-3-5(10)6(7(4)9)8(11)12/h2-3,10H,1H3,(H,11,12). The highest BCUT2D eigenvalue weighted by atomic mass is 79.9. The minimum Gasteiger partial charge on any atom is -0.507 e. The van der Waals surface area contributed by atoms with Crippen LogP contribution in [-0.2, 0) is 0 Å². The van der Waals surface area contributed by atoms with E-state index in [2.05, 4.69) is 15.9 Å². The lowest BCUT2D eigenvalue weighted by molar-refractivity contribution is 0.0692. The number of phenols is 1. The Bertz CT molecular complexity index is 333. The summed E-state index contributed by atoms with van der Waals surface area (Å²) < 4.78 is 0.426. The molecule has 64 valence electrons. The molecule has 12 heavy (non-hydrogen) atoms. The van der Waals surface area contributed by atoms with Gasteiger partial charge in [0.25, 0.3) is 0 Å². The number of hydrogen-bond donors (Lipinski definition) is 2. The van der Waals surface area contributed by atoms with Crippen molar-refractivity contribution in [3.8, 4) is 5.75 Å². The second-order valence-electron chi connectivity index (χ2n) is 2.40. The monoisotopic (exact) mass is 230 g/mol. The molecule has 2 N–H and O–H groups in total. The molecule has 0 saturated heterocycles. The first-order chi connectivity index (χ1) is 5.54. The Labute approximate surface area is 77.8 Å². The molecule has 0 fully saturated rings. The molecule has 0 aliphatic rings. The molecule has 1 rings (SSSR count). The number of hydrogen-bond acceptors (Lipinski definition) is 2. The molecular formula is C8H7BrO3. The normalized spacial score (nSPS) is 9.83. The Morgan fingerprint density at radius 3 is 2.50 bits per heavy atom. The molecule has 1 aromatic carbocycles. The molecule has 0 saturated carbocycles. The Balaban J connectivity index is 3.43. The lowest BCUT2D eigenvalue weighted by Crippen LogP contribution is -1.99. The van der Waals surface area contributed by atoms with Gasteiger partial charge in [-0.2, -0.15) is 0 Å². The Morgan fingerprint density at radius 1 is 1.50 bits per heavy atom. The number of carboxylic acids is 1. The Morgan fingerprint density at radius 2 is 2.08 bits per heavy atom. The first-order valence-corrected chi connectivity index (χ1v) is 4.04. The van der Waals surface area contributed by atoms with Crippen LogP contribution in [0.1, 0.15) is 15.9 Å². The zero-order chi connectivity index (χ0) is 9.30. The third kappa shape index (κ3) is 1.43. The van der Waals surface area contributed by atoms with Gasteiger partial charge in [0, 0.05) is 4.47 Å². The number of aromatic hydroxyl groups is 1. The second kappa shape index (κ2) is 3.15. The van der Waals surface area contributed by atoms with E-state index in [1.807, 2.05) is 0 Å². The fourth-order valence-corrected chi connectivity index (χ4v) is 1.38. The number of aryl methyl sites for hydroxylation is 1. The summed E-state index contributed by atoms with van der Waals surface area (Å²) in [6, 6.07) is 3.01. The van der Waals surface area contributed by atoms with Crippen molar-refractivity contribution in [3.05, 3.63) is 27.7 Å². The Hall–Kier alpha value is -1.03. The van der Waals surface area contributed by atoms with Gasteiger partial charge in [0.2, 0.25) is 0 Å². The summed E-state index contributed by atoms with van der Waals surface area (Å²) in [6.07, 6.45) is 0. The van der Waals surface area contributed by atoms with E-state index in [1.54, 1.807) is 13.0 Å². The average Bonchev–Trinajstić information content (AvgIpc) is 1.97. The molecule has 0 unspecified atom stereocenters. The van der Waals surface area contributed by atoms with Gasteiger partial charge >= 0.3 is 5.97 Å². The second-order valence-corrected chi connectivity index (χ2v) is 3.19. The van der Waals surface area contributed by atoms with E-state index < -0.39 is 5.97 Å². The van der Waals surface area contributed by atoms with E-state index in [0.717, 1.165) is 5.56 Å². The van der Waals surface area contributed by atoms with E-state index in [-0.39, 0.29) is 11.3 Å². The molecule has 0 aliphatic heterocycles. The fourth-order valence-electron chi connectivity index (χ4n) is 0.873. The zero-order valence-electron chi connectivity index (χ0n) is 6.34. The van der Waals surface area contributed by atoms with Crippen molar-refractivity contribution in [3.63, 3.8) is 0 Å². The molecule has 0 bridgehead atoms. The van der Waals surface area contributed by atoms with Crippen LogP contribution in [0.25, 0.3) is 0 Å². The SMILES string of the molecule is Cc1ccc(O)c(C(=O)O)c1Br. The quantitative estimate of drug-likeness (QED) is 0.778. The van der Waals surface area contributed by atoms with Gasteiger partial charge in [-0.1, -0.05) is 6.07 Å². The number of carboxylic acid groups (broad SMARTS) is 1. The van der Waals surface area contributed by atoms with Crippen molar-refractivity contribution in [2.24, 2.45) is 0 Å². The molecule has 4 heteroatoms. The highest BCUT2D eigenvalue weighted by molar-refractivity contribution is 9.10. The largest absolute Gasteiger partial charge is 0.507 e. The summed E-state index contributed by atoms with van der Waals surface area (Å²) in [4.78, 5) is 10.6. The van der Waals surface area contributed by atoms with E-state index in [0.29, 0.717) is 4.47 Å². The van der Waals surface area contributed by atoms with Gasteiger partial charge in [0.1, 0.15) is 11.3 Å². The molecule has 0 aromatic heterocycles. The average molecular weight is 231 g/mol. The molecular weight excluding hydrogens is 224 g/mol. The van der Waals surface area contributed by atoms with Gasteiger partial charge in [0.05, 0.1) is 0 Å². The van der Waals surface area contributed by atoms with Crippen LogP contribution in [0.4, 0.5) is 0 Å². The summed E-state index contributed by atoms with van der Waals surface area (Å²) in [5, 5.41) is 17.9. The number of halogens is 1. The van der Waals surface area contributed by atoms with Crippen molar-refractivity contribution in [2.75, 3.05) is 0 Å². The van der Waals surface area contributed by atoms with Crippen LogP contribution in [0.3, 0.4) is 0 Å². The summed E-state index contributed by atoms with van der Waals surface area (Å²) in [7, 11) is 0. The van der Waals surface area contributed by atoms with Crippen LogP contribution in [0, 0.1) is 6.92 Å². The van der Waals surface area contributed by atoms with Crippen LogP contribution in [-0.4, -0.2) is 16.2 Å². The van der Waals surface area contributed by atoms with Gasteiger partial charge in [-0.25, -0.2) is 4.79 Å². The van der Waals surface area contributed by atoms with Crippen LogP contribution in [0.15, 0.2) is 16.6 Å². The van der Waals surface area contributed by atoms with Gasteiger partial charge in [0.15, 0.2) is 0 Å². The lowest BCUT2D eigenvalue weighted by atomic mass is 10.1. The van der Waals surface area contributed by atoms with Gasteiger partial charge in [-0.3, -0.25) is 0 Å². The number of rotatable bonds is 1. The maximum absolute atomic E-state index is 10.6. The molecule has 3 nitrogen and oxygen atoms in total. The van der Waals surface area contributed by atoms with Crippen molar-refractivity contribution in [1.29, 1.82) is 0 Å². The smallest absolute Gasteiger partial charge is 0.340 e. The first kappa shape index (κ1) is 9.06. The van der Waals surface area contributed by atoms with Crippen molar-refractivity contribution >= 4 is 21.9 Å². The minimum absolute atomic E-state index is 0.0880. The van der Waals surface area contributed by atoms with Crippen molar-refractivity contribution in [1.82, 2.24) is 0 Å². The lowest BCUT2D eigenvalue weighted by Gasteiger charge is -2.04. The number of carbonyl (C=O) groups is 1. The van der Waals surface area contributed by atoms with E-state index in [4.69, 9.17) is 5.11 Å². The van der Waals surface area contributed by atoms with Gasteiger partial charge < -0.3 is 10.2 Å². The predicted octanol–water partition coefficient (Wildman–Crippen LogP) is 2.16. The summed E-state index contributed by atoms with van der Waals surface area (Å²) in [6.45, 7) is 1.76. The van der Waals surface area contributed by atoms with Crippen LogP contribution >= 0.6 is 15.9 Å². The fraction of sp³-hybridized carbons (Fsp3) is 0.125. The zero-order valence-corrected chi connectivity index (χ0v) is 7.92. The minimum atomic E-state index is -1.14. The van der Waals surface area contributed by atoms with E-state index in [1.165, 1.54) is 6.07 Å². The number of benzene rings is 1. The maximum atomic E-state index is 10.6. The van der Waals surface area contributed by atoms with Crippen LogP contribution < -0.4 is 0 Å². The summed E-state index contributed by atoms with van der Waals surface area (Å²) in [5.74, 6) is -1.36. The van der Waals surface area contributed by atoms with E-state index >= 15 is 0 Å². The third-order valence-corrected chi connectivity index (χ3v) is 2.55. The summed E-state index contributed by atoms with van der Waals surface area (Å²) in [5.41, 5.74) is 0.695. The molecule has 0 heterocycles. The van der Waals surface area contributed by atoms with Gasteiger partial charge in [-0.05, 0) is 34.5 Å². The van der Waals surface area contributed by atoms with Crippen LogP contribution in [0.5, 0.6) is 5.75 Å². The summed E-state index contributed by atoms with van der Waals surface area (Å²) >= 11 is 3.09. The first-order valence-electron chi connectivity index (χ1n) is 3.25. The maximum Gasteiger partial charge on any atom is 0.340 e.